The number of amides is 1. The Morgan fingerprint density at radius 2 is 1.95 bits per heavy atom. The number of carbonyl (C=O) groups is 1. The lowest BCUT2D eigenvalue weighted by Crippen LogP contribution is -2.26. The Labute approximate surface area is 127 Å². The standard InChI is InChI=1S/C15H14BrNOS/c1-10-4-3-5-12(8-10)17(2)15(18)13-7-6-11(16)9-14(13)19/h3-9,19H,1-2H3. The summed E-state index contributed by atoms with van der Waals surface area (Å²) in [6.07, 6.45) is 0. The van der Waals surface area contributed by atoms with Gasteiger partial charge in [-0.25, -0.2) is 0 Å². The Morgan fingerprint density at radius 1 is 1.21 bits per heavy atom. The smallest absolute Gasteiger partial charge is 0.259 e. The van der Waals surface area contributed by atoms with Gasteiger partial charge in [0.25, 0.3) is 5.91 Å². The van der Waals surface area contributed by atoms with Crippen molar-refractivity contribution in [2.45, 2.75) is 11.8 Å². The zero-order valence-corrected chi connectivity index (χ0v) is 13.2. The number of hydrogen-bond donors (Lipinski definition) is 1. The fourth-order valence-electron chi connectivity index (χ4n) is 1.82. The molecule has 0 atom stereocenters. The summed E-state index contributed by atoms with van der Waals surface area (Å²) in [5.41, 5.74) is 2.59. The summed E-state index contributed by atoms with van der Waals surface area (Å²) in [5, 5.41) is 0. The number of thiol groups is 1. The fraction of sp³-hybridized carbons (Fsp3) is 0.133. The first kappa shape index (κ1) is 14.2. The lowest BCUT2D eigenvalue weighted by atomic mass is 10.1. The topological polar surface area (TPSA) is 20.3 Å². The molecule has 0 bridgehead atoms. The van der Waals surface area contributed by atoms with Gasteiger partial charge in [0.15, 0.2) is 0 Å². The maximum absolute atomic E-state index is 12.5. The first-order valence-electron chi connectivity index (χ1n) is 5.82. The minimum absolute atomic E-state index is 0.0666. The van der Waals surface area contributed by atoms with Crippen molar-refractivity contribution in [3.8, 4) is 0 Å². The molecule has 0 saturated heterocycles. The fourth-order valence-corrected chi connectivity index (χ4v) is 2.67. The molecule has 0 saturated carbocycles. The Kier molecular flexibility index (Phi) is 4.32. The quantitative estimate of drug-likeness (QED) is 0.810. The monoisotopic (exact) mass is 335 g/mol. The first-order chi connectivity index (χ1) is 8.99. The molecule has 98 valence electrons. The van der Waals surface area contributed by atoms with E-state index in [2.05, 4.69) is 28.6 Å². The molecule has 0 aliphatic carbocycles. The SMILES string of the molecule is Cc1cccc(N(C)C(=O)c2ccc(Br)cc2S)c1. The Morgan fingerprint density at radius 3 is 2.58 bits per heavy atom. The summed E-state index contributed by atoms with van der Waals surface area (Å²) in [6, 6.07) is 13.3. The normalized spacial score (nSPS) is 10.3. The molecule has 0 aliphatic heterocycles. The van der Waals surface area contributed by atoms with Crippen molar-refractivity contribution in [1.29, 1.82) is 0 Å². The van der Waals surface area contributed by atoms with Crippen molar-refractivity contribution >= 4 is 40.2 Å². The van der Waals surface area contributed by atoms with Gasteiger partial charge >= 0.3 is 0 Å². The van der Waals surface area contributed by atoms with Gasteiger partial charge in [0.05, 0.1) is 5.56 Å². The lowest BCUT2D eigenvalue weighted by molar-refractivity contribution is 0.0990. The molecule has 2 nitrogen and oxygen atoms in total. The maximum atomic E-state index is 12.5. The molecular weight excluding hydrogens is 322 g/mol. The van der Waals surface area contributed by atoms with Crippen LogP contribution in [0.2, 0.25) is 0 Å². The van der Waals surface area contributed by atoms with Gasteiger partial charge in [0.1, 0.15) is 0 Å². The molecule has 2 aromatic carbocycles. The van der Waals surface area contributed by atoms with Crippen LogP contribution in [0.15, 0.2) is 51.8 Å². The molecule has 2 aromatic rings. The lowest BCUT2D eigenvalue weighted by Gasteiger charge is -2.18. The number of rotatable bonds is 2. The van der Waals surface area contributed by atoms with Crippen molar-refractivity contribution in [1.82, 2.24) is 0 Å². The van der Waals surface area contributed by atoms with E-state index in [9.17, 15) is 4.79 Å². The molecule has 0 aliphatic rings. The van der Waals surface area contributed by atoms with Crippen molar-refractivity contribution in [2.75, 3.05) is 11.9 Å². The molecule has 19 heavy (non-hydrogen) atoms. The second-order valence-electron chi connectivity index (χ2n) is 4.36. The summed E-state index contributed by atoms with van der Waals surface area (Å²) >= 11 is 7.72. The van der Waals surface area contributed by atoms with E-state index in [1.54, 1.807) is 18.0 Å². The predicted octanol–water partition coefficient (Wildman–Crippen LogP) is 4.32. The summed E-state index contributed by atoms with van der Waals surface area (Å²) in [7, 11) is 1.77. The van der Waals surface area contributed by atoms with Gasteiger partial charge in [-0.1, -0.05) is 28.1 Å². The number of aryl methyl sites for hydroxylation is 1. The second-order valence-corrected chi connectivity index (χ2v) is 5.76. The number of benzene rings is 2. The Bertz CT molecular complexity index is 627. The van der Waals surface area contributed by atoms with Gasteiger partial charge in [-0.2, -0.15) is 0 Å². The van der Waals surface area contributed by atoms with Crippen LogP contribution in [-0.4, -0.2) is 13.0 Å². The molecule has 0 N–H and O–H groups in total. The molecular formula is C15H14BrNOS. The van der Waals surface area contributed by atoms with E-state index in [1.165, 1.54) is 0 Å². The molecule has 0 fully saturated rings. The van der Waals surface area contributed by atoms with Gasteiger partial charge in [-0.05, 0) is 42.8 Å². The van der Waals surface area contributed by atoms with Crippen molar-refractivity contribution in [3.05, 3.63) is 58.1 Å². The van der Waals surface area contributed by atoms with Crippen LogP contribution in [0.5, 0.6) is 0 Å². The number of anilines is 1. The molecule has 2 rings (SSSR count). The highest BCUT2D eigenvalue weighted by molar-refractivity contribution is 9.10. The summed E-state index contributed by atoms with van der Waals surface area (Å²) < 4.78 is 0.909. The van der Waals surface area contributed by atoms with Crippen LogP contribution in [0.3, 0.4) is 0 Å². The summed E-state index contributed by atoms with van der Waals surface area (Å²) in [5.74, 6) is -0.0666. The number of carbonyl (C=O) groups excluding carboxylic acids is 1. The van der Waals surface area contributed by atoms with Gasteiger partial charge in [0, 0.05) is 22.1 Å². The highest BCUT2D eigenvalue weighted by Crippen LogP contribution is 2.23. The third-order valence-corrected chi connectivity index (χ3v) is 3.75. The third kappa shape index (κ3) is 3.19. The average Bonchev–Trinajstić information content (AvgIpc) is 2.37. The van der Waals surface area contributed by atoms with Crippen LogP contribution >= 0.6 is 28.6 Å². The van der Waals surface area contributed by atoms with E-state index in [4.69, 9.17) is 0 Å². The second kappa shape index (κ2) is 5.80. The van der Waals surface area contributed by atoms with Crippen LogP contribution in [-0.2, 0) is 0 Å². The molecule has 0 unspecified atom stereocenters. The van der Waals surface area contributed by atoms with Crippen LogP contribution < -0.4 is 4.90 Å². The minimum Gasteiger partial charge on any atom is -0.311 e. The molecule has 0 spiro atoms. The number of nitrogens with zero attached hydrogens (tertiary/aromatic N) is 1. The first-order valence-corrected chi connectivity index (χ1v) is 7.06. The number of hydrogen-bond acceptors (Lipinski definition) is 2. The van der Waals surface area contributed by atoms with Crippen molar-refractivity contribution in [2.24, 2.45) is 0 Å². The molecule has 0 aromatic heterocycles. The highest BCUT2D eigenvalue weighted by Gasteiger charge is 2.16. The van der Waals surface area contributed by atoms with Crippen LogP contribution in [0.1, 0.15) is 15.9 Å². The Balaban J connectivity index is 2.33. The van der Waals surface area contributed by atoms with E-state index < -0.39 is 0 Å². The van der Waals surface area contributed by atoms with E-state index in [1.807, 2.05) is 43.3 Å². The average molecular weight is 336 g/mol. The van der Waals surface area contributed by atoms with E-state index >= 15 is 0 Å². The predicted molar refractivity (Wildman–Crippen MR) is 85.3 cm³/mol. The van der Waals surface area contributed by atoms with Gasteiger partial charge in [0.2, 0.25) is 0 Å². The van der Waals surface area contributed by atoms with Gasteiger partial charge in [-0.3, -0.25) is 4.79 Å². The van der Waals surface area contributed by atoms with Gasteiger partial charge < -0.3 is 4.90 Å². The minimum atomic E-state index is -0.0666. The summed E-state index contributed by atoms with van der Waals surface area (Å²) in [4.78, 5) is 14.8. The van der Waals surface area contributed by atoms with Crippen LogP contribution in [0.25, 0.3) is 0 Å². The zero-order valence-electron chi connectivity index (χ0n) is 10.7. The Hall–Kier alpha value is -1.26. The summed E-state index contributed by atoms with van der Waals surface area (Å²) in [6.45, 7) is 2.01. The molecule has 1 amide bonds. The highest BCUT2D eigenvalue weighted by atomic mass is 79.9. The van der Waals surface area contributed by atoms with E-state index in [0.29, 0.717) is 10.5 Å². The van der Waals surface area contributed by atoms with Crippen molar-refractivity contribution < 1.29 is 4.79 Å². The van der Waals surface area contributed by atoms with Crippen LogP contribution in [0, 0.1) is 6.92 Å². The third-order valence-electron chi connectivity index (χ3n) is 2.88. The molecule has 4 heteroatoms. The molecule has 0 heterocycles. The number of halogens is 1. The van der Waals surface area contributed by atoms with E-state index in [-0.39, 0.29) is 5.91 Å². The zero-order chi connectivity index (χ0) is 14.0. The maximum Gasteiger partial charge on any atom is 0.259 e. The largest absolute Gasteiger partial charge is 0.311 e. The van der Waals surface area contributed by atoms with Crippen LogP contribution in [0.4, 0.5) is 5.69 Å². The van der Waals surface area contributed by atoms with Crippen molar-refractivity contribution in [3.63, 3.8) is 0 Å². The molecule has 0 radical (unpaired) electrons. The van der Waals surface area contributed by atoms with E-state index in [0.717, 1.165) is 15.7 Å². The van der Waals surface area contributed by atoms with Gasteiger partial charge in [-0.15, -0.1) is 12.6 Å².